The number of aromatic amines is 1. The Morgan fingerprint density at radius 2 is 1.03 bits per heavy atom. The van der Waals surface area contributed by atoms with Crippen LogP contribution in [-0.2, 0) is 127 Å². The summed E-state index contributed by atoms with van der Waals surface area (Å²) >= 11 is 0. The van der Waals surface area contributed by atoms with Gasteiger partial charge in [-0.2, -0.15) is 21.6 Å². The molecule has 1 amide bonds. The number of carbonyl (C=O) groups excluding carboxylic acids is 1. The zero-order valence-electron chi connectivity index (χ0n) is 49.1. The Hall–Kier alpha value is -2.10. The highest BCUT2D eigenvalue weighted by Gasteiger charge is 2.50. The van der Waals surface area contributed by atoms with Crippen molar-refractivity contribution in [3.05, 3.63) is 44.5 Å². The Morgan fingerprint density at radius 1 is 0.578 bits per heavy atom. The topological polar surface area (TPSA) is 553 Å². The number of nitrogens with one attached hydrogen (secondary N) is 2. The van der Waals surface area contributed by atoms with Crippen molar-refractivity contribution in [2.75, 3.05) is 125 Å². The number of phosphoric acid groups is 7. The van der Waals surface area contributed by atoms with Gasteiger partial charge in [-0.1, -0.05) is 25.0 Å². The molecule has 90 heavy (non-hydrogen) atoms. The number of aliphatic hydroxyl groups is 1. The monoisotopic (exact) mass is 1450 g/mol. The number of carbonyl (C=O) groups is 1. The molecule has 3 rings (SSSR count). The second kappa shape index (κ2) is 42.5. The molecule has 1 fully saturated rings. The number of aromatic nitrogens is 5. The Bertz CT molecular complexity index is 2890. The van der Waals surface area contributed by atoms with Crippen molar-refractivity contribution in [1.29, 1.82) is 0 Å². The first-order valence-electron chi connectivity index (χ1n) is 27.6. The number of phosphoric ester groups is 3. The van der Waals surface area contributed by atoms with Gasteiger partial charge in [-0.3, -0.25) is 37.2 Å². The highest BCUT2D eigenvalue weighted by Crippen LogP contribution is 2.75. The molecule has 1 aliphatic rings. The van der Waals surface area contributed by atoms with E-state index in [4.69, 9.17) is 46.9 Å². The molecule has 41 nitrogen and oxygen atoms in total. The predicted molar refractivity (Wildman–Crippen MR) is 304 cm³/mol. The van der Waals surface area contributed by atoms with E-state index in [1.54, 1.807) is 10.9 Å². The van der Waals surface area contributed by atoms with Crippen LogP contribution in [0.15, 0.2) is 22.0 Å². The molecule has 524 valence electrons. The van der Waals surface area contributed by atoms with Crippen LogP contribution >= 0.6 is 54.8 Å². The maximum Gasteiger partial charge on any atom is 0.490 e. The highest BCUT2D eigenvalue weighted by atomic mass is 31.3. The molecule has 0 radical (unpaired) electrons. The van der Waals surface area contributed by atoms with Gasteiger partial charge in [-0.25, -0.2) is 41.4 Å². The number of nitrogens with zero attached hydrogens (tertiary/aromatic N) is 4. The fraction of sp³-hybridized carbons (Fsp3) is 0.833. The SMILES string of the molecule is CCCOCCOCCOCCOCCOCCOP(=O)(O)OCCCCc1cn(CCOCCOCCC(=O)NCCCCCCOP(=O)(O)OP(=O)(O)OP(=O)(O)OP(=O)(O)OP(=O)(O)OP(=O)(O)OC[C@H]2O[C@@H](n3cc(C)c(=O)[nH]c3=O)C[C@H]2O)nn1. The lowest BCUT2D eigenvalue weighted by Gasteiger charge is -2.21. The van der Waals surface area contributed by atoms with Gasteiger partial charge >= 0.3 is 60.4 Å². The average molecular weight is 1450 g/mol. The third-order valence-corrected chi connectivity index (χ3v) is 21.3. The molecule has 3 heterocycles. The summed E-state index contributed by atoms with van der Waals surface area (Å²) in [5.74, 6) is -0.304. The first kappa shape index (κ1) is 82.1. The number of amides is 1. The Labute approximate surface area is 515 Å². The molecule has 10 N–H and O–H groups in total. The molecule has 1 saturated heterocycles. The fourth-order valence-electron chi connectivity index (χ4n) is 7.01. The number of hydrogen-bond donors (Lipinski definition) is 10. The Balaban J connectivity index is 1.14. The van der Waals surface area contributed by atoms with Crippen molar-refractivity contribution < 1.29 is 154 Å². The summed E-state index contributed by atoms with van der Waals surface area (Å²) in [6.45, 7) is 7.25. The average Bonchev–Trinajstić information content (AvgIpc) is 1.40. The zero-order chi connectivity index (χ0) is 66.8. The number of aryl methyl sites for hydroxylation is 2. The second-order valence-corrected chi connectivity index (χ2v) is 29.5. The largest absolute Gasteiger partial charge is 0.490 e. The lowest BCUT2D eigenvalue weighted by molar-refractivity contribution is -0.122. The van der Waals surface area contributed by atoms with Crippen LogP contribution in [0.4, 0.5) is 0 Å². The first-order valence-corrected chi connectivity index (χ1v) is 38.1. The Morgan fingerprint density at radius 3 is 1.59 bits per heavy atom. The molecule has 2 aromatic rings. The van der Waals surface area contributed by atoms with Gasteiger partial charge in [-0.05, 0) is 45.4 Å². The predicted octanol–water partition coefficient (Wildman–Crippen LogP) is 2.55. The normalized spacial score (nSPS) is 20.1. The number of aliphatic hydroxyl groups excluding tert-OH is 1. The molecular formula is C42H81N6O35P7. The van der Waals surface area contributed by atoms with Crippen LogP contribution in [0.2, 0.25) is 0 Å². The van der Waals surface area contributed by atoms with Gasteiger partial charge in [0.1, 0.15) is 12.3 Å². The van der Waals surface area contributed by atoms with E-state index in [0.717, 1.165) is 23.8 Å². The van der Waals surface area contributed by atoms with E-state index in [0.29, 0.717) is 104 Å². The van der Waals surface area contributed by atoms with Gasteiger partial charge in [0.15, 0.2) is 0 Å². The smallest absolute Gasteiger partial charge is 0.390 e. The van der Waals surface area contributed by atoms with Crippen LogP contribution < -0.4 is 16.6 Å². The standard InChI is InChI=1S/C42H81N6O35P7/c1-3-14-67-19-22-70-23-24-71-25-26-72-27-28-73-29-30-76-84(53,54)74-16-9-6-10-36-33-47(46-45-36)13-18-69-21-20-68-17-11-39(50)43-12-7-4-5-8-15-75-85(55,56)79-87(59,60)81-89(63,64)83-90(65,66)82-88(61,62)80-86(57,58)77-34-38-37(49)31-40(78-38)48-32-35(2)41(51)44-42(48)52/h32-33,37-38,40,49H,3-31,34H2,1-2H3,(H,43,50)(H,53,54)(H,55,56)(H,57,58)(H,59,60)(H,61,62)(H,63,64)(H,65,66)(H,44,51,52)/t37-,38-,40-/m1/s1. The van der Waals surface area contributed by atoms with Gasteiger partial charge in [0.05, 0.1) is 131 Å². The summed E-state index contributed by atoms with van der Waals surface area (Å²) < 4.78 is 169. The van der Waals surface area contributed by atoms with Crippen LogP contribution in [0.1, 0.15) is 82.2 Å². The first-order chi connectivity index (χ1) is 42.3. The van der Waals surface area contributed by atoms with Gasteiger partial charge in [0, 0.05) is 44.0 Å². The molecule has 48 heteroatoms. The minimum absolute atomic E-state index is 0.00544. The third-order valence-electron chi connectivity index (χ3n) is 11.0. The van der Waals surface area contributed by atoms with E-state index in [1.165, 1.54) is 6.92 Å². The van der Waals surface area contributed by atoms with E-state index in [1.807, 2.05) is 11.9 Å². The zero-order valence-corrected chi connectivity index (χ0v) is 55.4. The number of H-pyrrole nitrogens is 1. The van der Waals surface area contributed by atoms with Crippen molar-refractivity contribution in [2.45, 2.75) is 103 Å². The van der Waals surface area contributed by atoms with Gasteiger partial charge in [0.2, 0.25) is 5.91 Å². The molecule has 10 atom stereocenters. The Kier molecular flexibility index (Phi) is 38.7. The third kappa shape index (κ3) is 38.4. The fourth-order valence-corrected chi connectivity index (χ4v) is 15.6. The molecule has 0 spiro atoms. The van der Waals surface area contributed by atoms with Crippen molar-refractivity contribution in [3.8, 4) is 0 Å². The number of ether oxygens (including phenoxy) is 8. The molecule has 0 aromatic carbocycles. The van der Waals surface area contributed by atoms with Gasteiger partial charge in [-0.15, -0.1) is 5.10 Å². The van der Waals surface area contributed by atoms with Crippen LogP contribution in [0.3, 0.4) is 0 Å². The molecular weight excluding hydrogens is 1370 g/mol. The summed E-state index contributed by atoms with van der Waals surface area (Å²) in [6, 6.07) is 0. The minimum atomic E-state index is -6.52. The summed E-state index contributed by atoms with van der Waals surface area (Å²) in [5, 5.41) is 21.1. The lowest BCUT2D eigenvalue weighted by atomic mass is 10.2. The van der Waals surface area contributed by atoms with Crippen LogP contribution in [0, 0.1) is 6.92 Å². The maximum absolute atomic E-state index is 12.4. The van der Waals surface area contributed by atoms with Crippen molar-refractivity contribution in [1.82, 2.24) is 29.9 Å². The maximum atomic E-state index is 12.4. The number of rotatable bonds is 55. The molecule has 1 aliphatic heterocycles. The molecule has 0 saturated carbocycles. The summed E-state index contributed by atoms with van der Waals surface area (Å²) in [7, 11) is -41.4. The number of hydrogen-bond acceptors (Lipinski definition) is 30. The van der Waals surface area contributed by atoms with E-state index in [9.17, 15) is 85.7 Å². The van der Waals surface area contributed by atoms with Crippen molar-refractivity contribution in [2.24, 2.45) is 0 Å². The number of unbranched alkanes of at least 4 members (excludes halogenated alkanes) is 4. The van der Waals surface area contributed by atoms with Crippen molar-refractivity contribution in [3.63, 3.8) is 0 Å². The molecule has 2 aromatic heterocycles. The van der Waals surface area contributed by atoms with E-state index in [2.05, 4.69) is 46.2 Å². The van der Waals surface area contributed by atoms with Crippen LogP contribution in [0.5, 0.6) is 0 Å². The minimum Gasteiger partial charge on any atom is -0.390 e. The van der Waals surface area contributed by atoms with Crippen LogP contribution in [0.25, 0.3) is 0 Å². The van der Waals surface area contributed by atoms with Gasteiger partial charge in [0.25, 0.3) is 5.56 Å². The van der Waals surface area contributed by atoms with Crippen molar-refractivity contribution >= 4 is 60.7 Å². The molecule has 0 bridgehead atoms. The summed E-state index contributed by atoms with van der Waals surface area (Å²) in [5.41, 5.74) is -0.871. The van der Waals surface area contributed by atoms with Crippen LogP contribution in [-0.4, -0.2) is 207 Å². The van der Waals surface area contributed by atoms with E-state index >= 15 is 0 Å². The summed E-state index contributed by atoms with van der Waals surface area (Å²) in [6.07, 6.45) is 2.11. The molecule has 7 unspecified atom stereocenters. The highest BCUT2D eigenvalue weighted by molar-refractivity contribution is 7.72. The lowest BCUT2D eigenvalue weighted by Crippen LogP contribution is -2.33. The van der Waals surface area contributed by atoms with Gasteiger partial charge < -0.3 is 82.6 Å². The quantitative estimate of drug-likeness (QED) is 0.0336. The summed E-state index contributed by atoms with van der Waals surface area (Å²) in [4.78, 5) is 107. The van der Waals surface area contributed by atoms with E-state index in [-0.39, 0.29) is 83.5 Å². The van der Waals surface area contributed by atoms with E-state index < -0.39 is 97.7 Å². The molecule has 0 aliphatic carbocycles. The second-order valence-electron chi connectivity index (χ2n) is 18.6.